The van der Waals surface area contributed by atoms with E-state index < -0.39 is 8.25 Å². The van der Waals surface area contributed by atoms with Crippen LogP contribution in [0.15, 0.2) is 82.8 Å². The van der Waals surface area contributed by atoms with Crippen molar-refractivity contribution in [2.45, 2.75) is 149 Å². The summed E-state index contributed by atoms with van der Waals surface area (Å²) < 4.78 is 82.2. The molecule has 0 spiro atoms. The topological polar surface area (TPSA) is 85.4 Å². The Balaban J connectivity index is 0.757. The van der Waals surface area contributed by atoms with E-state index in [2.05, 4.69) is 20.6 Å². The Labute approximate surface area is 387 Å². The van der Waals surface area contributed by atoms with Gasteiger partial charge in [-0.3, -0.25) is 14.5 Å². The molecule has 14 heteroatoms. The number of aromatic nitrogens is 2. The standard InChI is InChI=1S/C50H67F4N4O3PS2/c51-43-19-5-3-17-41(43)49(21-7-1-8-22-49)25-11-13-31-63-47-37-57-39(33-45(47)53)35-55-27-15-29-60-62(59)61-30-16-28-56-36-40-34-46(54)48(38-58-40)64-32-14-12-26-50(23-9-2-10-24-50)42-18-4-6-20-44(42)52/h3-6,17-20,33-34,37-38,55-56,62H,1-2,7-16,21-32,35-36H2. The number of rotatable bonds is 28. The van der Waals surface area contributed by atoms with Crippen molar-refractivity contribution >= 4 is 31.8 Å². The highest BCUT2D eigenvalue weighted by Gasteiger charge is 2.36. The quantitative estimate of drug-likeness (QED) is 0.0250. The van der Waals surface area contributed by atoms with Crippen molar-refractivity contribution in [2.75, 3.05) is 37.8 Å². The fraction of sp³-hybridized carbons (Fsp3) is 0.560. The summed E-state index contributed by atoms with van der Waals surface area (Å²) in [7, 11) is -2.62. The molecule has 64 heavy (non-hydrogen) atoms. The summed E-state index contributed by atoms with van der Waals surface area (Å²) in [6.45, 7) is 2.52. The van der Waals surface area contributed by atoms with Gasteiger partial charge in [-0.2, -0.15) is 0 Å². The van der Waals surface area contributed by atoms with Gasteiger partial charge in [0.05, 0.1) is 34.4 Å². The molecule has 0 amide bonds. The van der Waals surface area contributed by atoms with E-state index in [1.165, 1.54) is 48.5 Å². The zero-order chi connectivity index (χ0) is 44.9. The summed E-state index contributed by atoms with van der Waals surface area (Å²) in [4.78, 5) is 9.96. The minimum absolute atomic E-state index is 0.0821. The van der Waals surface area contributed by atoms with E-state index in [4.69, 9.17) is 9.05 Å². The van der Waals surface area contributed by atoms with Gasteiger partial charge in [-0.25, -0.2) is 17.6 Å². The van der Waals surface area contributed by atoms with Crippen molar-refractivity contribution < 1.29 is 31.2 Å². The molecular formula is C50H67F4N4O3PS2. The third-order valence-corrected chi connectivity index (χ3v) is 16.0. The maximum absolute atomic E-state index is 14.9. The molecular weight excluding hydrogens is 876 g/mol. The van der Waals surface area contributed by atoms with Gasteiger partial charge in [-0.15, -0.1) is 23.5 Å². The Hall–Kier alpha value is -2.77. The van der Waals surface area contributed by atoms with Crippen LogP contribution in [0.25, 0.3) is 0 Å². The van der Waals surface area contributed by atoms with E-state index in [-0.39, 0.29) is 47.3 Å². The lowest BCUT2D eigenvalue weighted by Gasteiger charge is -2.38. The summed E-state index contributed by atoms with van der Waals surface area (Å²) in [6, 6.07) is 17.4. The average Bonchev–Trinajstić information content (AvgIpc) is 3.30. The number of unbranched alkanes of at least 4 members (excludes halogenated alkanes) is 2. The molecule has 2 heterocycles. The molecule has 2 aliphatic rings. The van der Waals surface area contributed by atoms with Crippen molar-refractivity contribution in [1.82, 2.24) is 20.6 Å². The molecule has 2 aliphatic carbocycles. The van der Waals surface area contributed by atoms with E-state index >= 15 is 0 Å². The van der Waals surface area contributed by atoms with Crippen molar-refractivity contribution in [3.63, 3.8) is 0 Å². The highest BCUT2D eigenvalue weighted by Crippen LogP contribution is 2.46. The maximum Gasteiger partial charge on any atom is 0.319 e. The lowest BCUT2D eigenvalue weighted by Crippen LogP contribution is -2.30. The van der Waals surface area contributed by atoms with Gasteiger partial charge >= 0.3 is 8.25 Å². The Bertz CT molecular complexity index is 1900. The van der Waals surface area contributed by atoms with Crippen LogP contribution >= 0.6 is 31.8 Å². The summed E-state index contributed by atoms with van der Waals surface area (Å²) in [5.74, 6) is 0.828. The van der Waals surface area contributed by atoms with Gasteiger partial charge in [0.2, 0.25) is 0 Å². The summed E-state index contributed by atoms with van der Waals surface area (Å²) in [5, 5.41) is 6.46. The van der Waals surface area contributed by atoms with Gasteiger partial charge in [0.25, 0.3) is 0 Å². The summed E-state index contributed by atoms with van der Waals surface area (Å²) in [6.07, 6.45) is 21.3. The molecule has 0 aliphatic heterocycles. The van der Waals surface area contributed by atoms with Gasteiger partial charge in [-0.05, 0) is 135 Å². The fourth-order valence-corrected chi connectivity index (χ4v) is 12.0. The molecule has 6 rings (SSSR count). The van der Waals surface area contributed by atoms with E-state index in [0.29, 0.717) is 60.2 Å². The van der Waals surface area contributed by atoms with Crippen LogP contribution in [0.3, 0.4) is 0 Å². The second-order valence-electron chi connectivity index (χ2n) is 17.5. The van der Waals surface area contributed by atoms with Crippen LogP contribution in [0.2, 0.25) is 0 Å². The molecule has 4 aromatic rings. The summed E-state index contributed by atoms with van der Waals surface area (Å²) in [5.41, 5.74) is 2.79. The molecule has 2 aromatic carbocycles. The second kappa shape index (κ2) is 27.1. The van der Waals surface area contributed by atoms with E-state index in [1.54, 1.807) is 36.7 Å². The SMILES string of the molecule is O=[PH](OCCCNCc1cc(F)c(SCCCCC2(c3ccccc3F)CCCCC2)cn1)OCCCNCc1cc(F)c(SCCCCC2(c3ccccc3F)CCCCC2)cn1. The normalized spacial score (nSPS) is 16.1. The van der Waals surface area contributed by atoms with Crippen LogP contribution < -0.4 is 10.6 Å². The number of halogens is 4. The van der Waals surface area contributed by atoms with Gasteiger partial charge < -0.3 is 19.7 Å². The molecule has 0 bridgehead atoms. The highest BCUT2D eigenvalue weighted by atomic mass is 32.2. The molecule has 350 valence electrons. The van der Waals surface area contributed by atoms with Crippen molar-refractivity contribution in [1.29, 1.82) is 0 Å². The van der Waals surface area contributed by atoms with Gasteiger partial charge in [0.15, 0.2) is 0 Å². The monoisotopic (exact) mass is 942 g/mol. The predicted octanol–water partition coefficient (Wildman–Crippen LogP) is 13.4. The van der Waals surface area contributed by atoms with Crippen LogP contribution in [-0.4, -0.2) is 47.8 Å². The van der Waals surface area contributed by atoms with Crippen LogP contribution in [0.5, 0.6) is 0 Å². The largest absolute Gasteiger partial charge is 0.319 e. The number of nitrogens with one attached hydrogen (secondary N) is 2. The van der Waals surface area contributed by atoms with Gasteiger partial charge in [-0.1, -0.05) is 87.8 Å². The first-order chi connectivity index (χ1) is 31.3. The first kappa shape index (κ1) is 50.6. The van der Waals surface area contributed by atoms with Crippen molar-refractivity contribution in [2.24, 2.45) is 0 Å². The smallest absolute Gasteiger partial charge is 0.311 e. The Morgan fingerprint density at radius 3 is 1.39 bits per heavy atom. The molecule has 2 saturated carbocycles. The van der Waals surface area contributed by atoms with Crippen LogP contribution in [0.1, 0.15) is 138 Å². The van der Waals surface area contributed by atoms with E-state index in [9.17, 15) is 22.1 Å². The molecule has 0 unspecified atom stereocenters. The first-order valence-electron chi connectivity index (χ1n) is 23.5. The third kappa shape index (κ3) is 15.7. The second-order valence-corrected chi connectivity index (χ2v) is 20.8. The number of thioether (sulfide) groups is 2. The van der Waals surface area contributed by atoms with Crippen molar-refractivity contribution in [3.05, 3.63) is 119 Å². The van der Waals surface area contributed by atoms with Crippen LogP contribution in [0.4, 0.5) is 17.6 Å². The molecule has 0 saturated heterocycles. The lowest BCUT2D eigenvalue weighted by molar-refractivity contribution is 0.220. The number of benzene rings is 2. The number of pyridine rings is 2. The Kier molecular flexibility index (Phi) is 21.5. The maximum atomic E-state index is 14.9. The van der Waals surface area contributed by atoms with E-state index in [0.717, 1.165) is 113 Å². The molecule has 0 radical (unpaired) electrons. The fourth-order valence-electron chi connectivity index (χ4n) is 9.54. The van der Waals surface area contributed by atoms with Gasteiger partial charge in [0, 0.05) is 25.5 Å². The van der Waals surface area contributed by atoms with E-state index in [1.807, 2.05) is 24.3 Å². The molecule has 7 nitrogen and oxygen atoms in total. The highest BCUT2D eigenvalue weighted by molar-refractivity contribution is 7.99. The summed E-state index contributed by atoms with van der Waals surface area (Å²) >= 11 is 2.96. The first-order valence-corrected chi connectivity index (χ1v) is 26.7. The minimum Gasteiger partial charge on any atom is -0.311 e. The lowest BCUT2D eigenvalue weighted by atomic mass is 9.66. The average molecular weight is 943 g/mol. The Morgan fingerprint density at radius 2 is 0.984 bits per heavy atom. The van der Waals surface area contributed by atoms with Crippen molar-refractivity contribution in [3.8, 4) is 0 Å². The molecule has 2 N–H and O–H groups in total. The number of hydrogen-bond donors (Lipinski definition) is 2. The molecule has 2 aromatic heterocycles. The predicted molar refractivity (Wildman–Crippen MR) is 253 cm³/mol. The zero-order valence-electron chi connectivity index (χ0n) is 37.3. The zero-order valence-corrected chi connectivity index (χ0v) is 39.9. The number of nitrogens with zero attached hydrogens (tertiary/aromatic N) is 2. The van der Waals surface area contributed by atoms with Crippen LogP contribution in [0, 0.1) is 23.3 Å². The van der Waals surface area contributed by atoms with Gasteiger partial charge in [0.1, 0.15) is 23.3 Å². The van der Waals surface area contributed by atoms with Crippen LogP contribution in [-0.2, 0) is 37.5 Å². The third-order valence-electron chi connectivity index (χ3n) is 12.9. The number of hydrogen-bond acceptors (Lipinski definition) is 9. The Morgan fingerprint density at radius 1 is 0.562 bits per heavy atom. The molecule has 2 fully saturated rings. The molecule has 0 atom stereocenters. The minimum atomic E-state index is -2.62.